The van der Waals surface area contributed by atoms with Crippen LogP contribution in [0.2, 0.25) is 0 Å². The number of rotatable bonds is 6. The first-order chi connectivity index (χ1) is 13.8. The lowest BCUT2D eigenvalue weighted by molar-refractivity contribution is -0.118. The summed E-state index contributed by atoms with van der Waals surface area (Å²) < 4.78 is 10.6. The molecule has 0 atom stereocenters. The molecule has 3 rings (SSSR count). The van der Waals surface area contributed by atoms with Crippen molar-refractivity contribution >= 4 is 23.2 Å². The van der Waals surface area contributed by atoms with Crippen LogP contribution in [0.15, 0.2) is 71.3 Å². The van der Waals surface area contributed by atoms with Crippen molar-refractivity contribution < 1.29 is 18.7 Å². The Hall–Kier alpha value is -3.54. The van der Waals surface area contributed by atoms with Crippen LogP contribution in [0.3, 0.4) is 0 Å². The molecule has 0 saturated heterocycles. The first kappa shape index (κ1) is 20.2. The van der Waals surface area contributed by atoms with Crippen LogP contribution in [0, 0.1) is 0 Å². The minimum atomic E-state index is -0.335. The average molecular weight is 392 g/mol. The molecule has 2 aromatic carbocycles. The highest BCUT2D eigenvalue weighted by Gasteiger charge is 2.13. The summed E-state index contributed by atoms with van der Waals surface area (Å²) in [5.41, 5.74) is 2.48. The zero-order valence-electron chi connectivity index (χ0n) is 16.7. The number of amides is 2. The van der Waals surface area contributed by atoms with E-state index in [0.717, 1.165) is 0 Å². The van der Waals surface area contributed by atoms with Crippen molar-refractivity contribution in [3.8, 4) is 5.75 Å². The molecule has 0 bridgehead atoms. The molecule has 0 spiro atoms. The Morgan fingerprint density at radius 1 is 0.897 bits per heavy atom. The third-order valence-corrected chi connectivity index (χ3v) is 4.26. The summed E-state index contributed by atoms with van der Waals surface area (Å²) in [4.78, 5) is 24.1. The maximum atomic E-state index is 12.1. The molecule has 0 aliphatic rings. The summed E-state index contributed by atoms with van der Waals surface area (Å²) in [5, 5.41) is 5.48. The Morgan fingerprint density at radius 2 is 1.52 bits per heavy atom. The molecule has 3 aromatic rings. The Labute approximate surface area is 169 Å². The molecule has 6 nitrogen and oxygen atoms in total. The quantitative estimate of drug-likeness (QED) is 0.629. The molecule has 0 radical (unpaired) electrons. The summed E-state index contributed by atoms with van der Waals surface area (Å²) in [6.45, 7) is 6.34. The standard InChI is InChI=1S/C23H24N2O4/c1-23(2,3)16-6-12-19(13-7-16)29-15-21(26)24-17-8-10-18(11-9-17)25-22(27)20-5-4-14-28-20/h4-14H,15H2,1-3H3,(H,24,26)(H,25,27). The molecule has 1 aromatic heterocycles. The average Bonchev–Trinajstić information content (AvgIpc) is 3.22. The van der Waals surface area contributed by atoms with Crippen LogP contribution in [-0.4, -0.2) is 18.4 Å². The molecule has 29 heavy (non-hydrogen) atoms. The maximum Gasteiger partial charge on any atom is 0.291 e. The summed E-state index contributed by atoms with van der Waals surface area (Å²) in [6.07, 6.45) is 1.44. The molecular weight excluding hydrogens is 368 g/mol. The highest BCUT2D eigenvalue weighted by atomic mass is 16.5. The van der Waals surface area contributed by atoms with Gasteiger partial charge in [0.1, 0.15) is 5.75 Å². The Bertz CT molecular complexity index is 954. The van der Waals surface area contributed by atoms with Crippen LogP contribution in [-0.2, 0) is 10.2 Å². The lowest BCUT2D eigenvalue weighted by Crippen LogP contribution is -2.20. The fourth-order valence-corrected chi connectivity index (χ4v) is 2.63. The zero-order valence-corrected chi connectivity index (χ0v) is 16.7. The highest BCUT2D eigenvalue weighted by Crippen LogP contribution is 2.24. The molecule has 0 saturated carbocycles. The molecular formula is C23H24N2O4. The summed E-state index contributed by atoms with van der Waals surface area (Å²) in [7, 11) is 0. The predicted molar refractivity (Wildman–Crippen MR) is 112 cm³/mol. The van der Waals surface area contributed by atoms with Crippen molar-refractivity contribution in [1.82, 2.24) is 0 Å². The van der Waals surface area contributed by atoms with Crippen molar-refractivity contribution in [3.05, 3.63) is 78.3 Å². The van der Waals surface area contributed by atoms with Gasteiger partial charge in [0.15, 0.2) is 12.4 Å². The van der Waals surface area contributed by atoms with Crippen molar-refractivity contribution in [2.24, 2.45) is 0 Å². The molecule has 0 unspecified atom stereocenters. The van der Waals surface area contributed by atoms with Crippen molar-refractivity contribution in [3.63, 3.8) is 0 Å². The summed E-state index contributed by atoms with van der Waals surface area (Å²) in [5.74, 6) is 0.272. The molecule has 0 aliphatic carbocycles. The Balaban J connectivity index is 1.48. The largest absolute Gasteiger partial charge is 0.484 e. The number of carbonyl (C=O) groups is 2. The number of ether oxygens (including phenoxy) is 1. The number of hydrogen-bond donors (Lipinski definition) is 2. The number of carbonyl (C=O) groups excluding carboxylic acids is 2. The van der Waals surface area contributed by atoms with Gasteiger partial charge in [-0.1, -0.05) is 32.9 Å². The van der Waals surface area contributed by atoms with Gasteiger partial charge in [0.25, 0.3) is 11.8 Å². The van der Waals surface area contributed by atoms with Gasteiger partial charge in [-0.2, -0.15) is 0 Å². The molecule has 2 N–H and O–H groups in total. The number of benzene rings is 2. The van der Waals surface area contributed by atoms with Crippen molar-refractivity contribution in [2.75, 3.05) is 17.2 Å². The van der Waals surface area contributed by atoms with Gasteiger partial charge in [0.2, 0.25) is 0 Å². The van der Waals surface area contributed by atoms with E-state index in [0.29, 0.717) is 17.1 Å². The second-order valence-electron chi connectivity index (χ2n) is 7.62. The SMILES string of the molecule is CC(C)(C)c1ccc(OCC(=O)Nc2ccc(NC(=O)c3ccco3)cc2)cc1. The van der Waals surface area contributed by atoms with Crippen LogP contribution in [0.5, 0.6) is 5.75 Å². The van der Waals surface area contributed by atoms with Gasteiger partial charge in [0, 0.05) is 11.4 Å². The monoisotopic (exact) mass is 392 g/mol. The molecule has 150 valence electrons. The van der Waals surface area contributed by atoms with E-state index in [1.54, 1.807) is 36.4 Å². The first-order valence-electron chi connectivity index (χ1n) is 9.29. The fourth-order valence-electron chi connectivity index (χ4n) is 2.63. The summed E-state index contributed by atoms with van der Waals surface area (Å²) >= 11 is 0. The zero-order chi connectivity index (χ0) is 20.9. The van der Waals surface area contributed by atoms with E-state index < -0.39 is 0 Å². The third-order valence-electron chi connectivity index (χ3n) is 4.26. The van der Waals surface area contributed by atoms with Gasteiger partial charge in [-0.15, -0.1) is 0 Å². The molecule has 2 amide bonds. The number of anilines is 2. The highest BCUT2D eigenvalue weighted by molar-refractivity contribution is 6.02. The van der Waals surface area contributed by atoms with Crippen LogP contribution in [0.4, 0.5) is 11.4 Å². The van der Waals surface area contributed by atoms with E-state index in [1.165, 1.54) is 11.8 Å². The minimum Gasteiger partial charge on any atom is -0.484 e. The van der Waals surface area contributed by atoms with E-state index in [1.807, 2.05) is 24.3 Å². The van der Waals surface area contributed by atoms with E-state index in [9.17, 15) is 9.59 Å². The summed E-state index contributed by atoms with van der Waals surface area (Å²) in [6, 6.07) is 17.8. The lowest BCUT2D eigenvalue weighted by Gasteiger charge is -2.19. The van der Waals surface area contributed by atoms with Crippen LogP contribution in [0.1, 0.15) is 36.9 Å². The van der Waals surface area contributed by atoms with Crippen molar-refractivity contribution in [1.29, 1.82) is 0 Å². The Morgan fingerprint density at radius 3 is 2.07 bits per heavy atom. The number of hydrogen-bond acceptors (Lipinski definition) is 4. The molecule has 1 heterocycles. The number of furan rings is 1. The number of nitrogens with one attached hydrogen (secondary N) is 2. The van der Waals surface area contributed by atoms with Gasteiger partial charge in [0.05, 0.1) is 6.26 Å². The normalized spacial score (nSPS) is 11.0. The van der Waals surface area contributed by atoms with E-state index in [4.69, 9.17) is 9.15 Å². The minimum absolute atomic E-state index is 0.0689. The van der Waals surface area contributed by atoms with E-state index >= 15 is 0 Å². The third kappa shape index (κ3) is 5.72. The van der Waals surface area contributed by atoms with Crippen LogP contribution < -0.4 is 15.4 Å². The van der Waals surface area contributed by atoms with Crippen LogP contribution >= 0.6 is 0 Å². The second-order valence-corrected chi connectivity index (χ2v) is 7.62. The maximum absolute atomic E-state index is 12.1. The smallest absolute Gasteiger partial charge is 0.291 e. The van der Waals surface area contributed by atoms with E-state index in [2.05, 4.69) is 31.4 Å². The Kier molecular flexibility index (Phi) is 6.02. The van der Waals surface area contributed by atoms with E-state index in [-0.39, 0.29) is 29.6 Å². The predicted octanol–water partition coefficient (Wildman–Crippen LogP) is 4.85. The topological polar surface area (TPSA) is 80.6 Å². The first-order valence-corrected chi connectivity index (χ1v) is 9.29. The molecule has 6 heteroatoms. The van der Waals surface area contributed by atoms with Gasteiger partial charge in [-0.3, -0.25) is 9.59 Å². The fraction of sp³-hybridized carbons (Fsp3) is 0.217. The molecule has 0 aliphatic heterocycles. The molecule has 0 fully saturated rings. The van der Waals surface area contributed by atoms with Gasteiger partial charge >= 0.3 is 0 Å². The second kappa shape index (κ2) is 8.65. The van der Waals surface area contributed by atoms with Gasteiger partial charge in [-0.05, 0) is 59.5 Å². The van der Waals surface area contributed by atoms with Crippen molar-refractivity contribution in [2.45, 2.75) is 26.2 Å². The van der Waals surface area contributed by atoms with Gasteiger partial charge in [-0.25, -0.2) is 0 Å². The lowest BCUT2D eigenvalue weighted by atomic mass is 9.87. The van der Waals surface area contributed by atoms with Gasteiger partial charge < -0.3 is 19.8 Å². The van der Waals surface area contributed by atoms with Crippen LogP contribution in [0.25, 0.3) is 0 Å².